The Balaban J connectivity index is 2.08. The van der Waals surface area contributed by atoms with Gasteiger partial charge in [-0.3, -0.25) is 0 Å². The standard InChI is InChI=1S/C15H11F3N2O/c1-21-12-4-3-11(14(17)7-12)9-20-19-8-10-2-5-13(16)15(18)6-10/h2-9H,1H3. The second kappa shape index (κ2) is 6.69. The summed E-state index contributed by atoms with van der Waals surface area (Å²) in [7, 11) is 1.44. The summed E-state index contributed by atoms with van der Waals surface area (Å²) in [5, 5.41) is 7.30. The summed E-state index contributed by atoms with van der Waals surface area (Å²) < 4.78 is 44.1. The molecule has 0 aliphatic carbocycles. The maximum atomic E-state index is 13.6. The molecule has 0 fully saturated rings. The van der Waals surface area contributed by atoms with E-state index in [9.17, 15) is 13.2 Å². The van der Waals surface area contributed by atoms with Crippen LogP contribution in [0.1, 0.15) is 11.1 Å². The van der Waals surface area contributed by atoms with Crippen LogP contribution in [0.4, 0.5) is 13.2 Å². The molecule has 3 nitrogen and oxygen atoms in total. The molecule has 2 rings (SSSR count). The van der Waals surface area contributed by atoms with E-state index in [2.05, 4.69) is 10.2 Å². The topological polar surface area (TPSA) is 34.0 Å². The molecule has 0 amide bonds. The zero-order valence-corrected chi connectivity index (χ0v) is 11.1. The van der Waals surface area contributed by atoms with Gasteiger partial charge in [-0.1, -0.05) is 6.07 Å². The number of rotatable bonds is 4. The predicted molar refractivity (Wildman–Crippen MR) is 74.5 cm³/mol. The predicted octanol–water partition coefficient (Wildman–Crippen LogP) is 3.57. The van der Waals surface area contributed by atoms with Crippen LogP contribution in [0.2, 0.25) is 0 Å². The smallest absolute Gasteiger partial charge is 0.159 e. The van der Waals surface area contributed by atoms with E-state index in [0.717, 1.165) is 12.1 Å². The summed E-state index contributed by atoms with van der Waals surface area (Å²) in [5.74, 6) is -2.00. The molecule has 2 aromatic carbocycles. The van der Waals surface area contributed by atoms with Gasteiger partial charge in [0.2, 0.25) is 0 Å². The summed E-state index contributed by atoms with van der Waals surface area (Å²) >= 11 is 0. The number of methoxy groups -OCH3 is 1. The third kappa shape index (κ3) is 3.92. The van der Waals surface area contributed by atoms with Crippen LogP contribution in [0.15, 0.2) is 46.6 Å². The van der Waals surface area contributed by atoms with Crippen LogP contribution in [0.25, 0.3) is 0 Å². The van der Waals surface area contributed by atoms with E-state index in [1.165, 1.54) is 37.7 Å². The van der Waals surface area contributed by atoms with Gasteiger partial charge in [0, 0.05) is 11.6 Å². The molecule has 0 aromatic heterocycles. The van der Waals surface area contributed by atoms with Crippen LogP contribution < -0.4 is 4.74 Å². The molecule has 21 heavy (non-hydrogen) atoms. The van der Waals surface area contributed by atoms with E-state index in [0.29, 0.717) is 11.3 Å². The van der Waals surface area contributed by atoms with Gasteiger partial charge in [0.25, 0.3) is 0 Å². The van der Waals surface area contributed by atoms with E-state index in [-0.39, 0.29) is 5.56 Å². The normalized spacial score (nSPS) is 11.4. The molecule has 0 saturated heterocycles. The summed E-state index contributed by atoms with van der Waals surface area (Å²) in [6.07, 6.45) is 2.45. The molecule has 0 heterocycles. The molecule has 0 N–H and O–H groups in total. The molecular formula is C15H11F3N2O. The molecular weight excluding hydrogens is 281 g/mol. The Bertz CT molecular complexity index is 699. The molecule has 0 unspecified atom stereocenters. The fourth-order valence-corrected chi connectivity index (χ4v) is 1.53. The molecule has 0 atom stereocenters. The Hall–Kier alpha value is -2.63. The molecule has 0 bridgehead atoms. The van der Waals surface area contributed by atoms with Crippen molar-refractivity contribution >= 4 is 12.4 Å². The maximum Gasteiger partial charge on any atom is 0.159 e. The van der Waals surface area contributed by atoms with Gasteiger partial charge in [-0.15, -0.1) is 0 Å². The van der Waals surface area contributed by atoms with Crippen molar-refractivity contribution in [3.05, 3.63) is 65.0 Å². The Morgan fingerprint density at radius 2 is 1.62 bits per heavy atom. The minimum absolute atomic E-state index is 0.234. The fraction of sp³-hybridized carbons (Fsp3) is 0.0667. The molecule has 108 valence electrons. The molecule has 6 heteroatoms. The highest BCUT2D eigenvalue weighted by Gasteiger charge is 2.01. The zero-order valence-electron chi connectivity index (χ0n) is 11.1. The van der Waals surface area contributed by atoms with Crippen molar-refractivity contribution in [2.75, 3.05) is 7.11 Å². The second-order valence-corrected chi connectivity index (χ2v) is 4.05. The van der Waals surface area contributed by atoms with Gasteiger partial charge in [0.05, 0.1) is 19.5 Å². The highest BCUT2D eigenvalue weighted by Crippen LogP contribution is 2.14. The highest BCUT2D eigenvalue weighted by molar-refractivity contribution is 5.83. The van der Waals surface area contributed by atoms with E-state index in [1.54, 1.807) is 6.07 Å². The van der Waals surface area contributed by atoms with Crippen LogP contribution in [-0.4, -0.2) is 19.5 Å². The van der Waals surface area contributed by atoms with Crippen molar-refractivity contribution in [2.45, 2.75) is 0 Å². The maximum absolute atomic E-state index is 13.6. The third-order valence-electron chi connectivity index (χ3n) is 2.62. The molecule has 0 saturated carbocycles. The monoisotopic (exact) mass is 292 g/mol. The first-order chi connectivity index (χ1) is 10.1. The average molecular weight is 292 g/mol. The SMILES string of the molecule is COc1ccc(C=NN=Cc2ccc(F)c(F)c2)c(F)c1. The van der Waals surface area contributed by atoms with Crippen molar-refractivity contribution in [1.82, 2.24) is 0 Å². The molecule has 0 aliphatic heterocycles. The molecule has 0 spiro atoms. The third-order valence-corrected chi connectivity index (χ3v) is 2.62. The van der Waals surface area contributed by atoms with Gasteiger partial charge in [-0.25, -0.2) is 13.2 Å². The lowest BCUT2D eigenvalue weighted by molar-refractivity contribution is 0.411. The Morgan fingerprint density at radius 3 is 2.29 bits per heavy atom. The number of hydrogen-bond donors (Lipinski definition) is 0. The number of ether oxygens (including phenoxy) is 1. The minimum atomic E-state index is -0.968. The Labute approximate surface area is 119 Å². The fourth-order valence-electron chi connectivity index (χ4n) is 1.53. The van der Waals surface area contributed by atoms with Gasteiger partial charge in [0.15, 0.2) is 11.6 Å². The minimum Gasteiger partial charge on any atom is -0.497 e. The van der Waals surface area contributed by atoms with Crippen LogP contribution >= 0.6 is 0 Å². The largest absolute Gasteiger partial charge is 0.497 e. The summed E-state index contributed by atoms with van der Waals surface area (Å²) in [6.45, 7) is 0. The van der Waals surface area contributed by atoms with E-state index >= 15 is 0 Å². The lowest BCUT2D eigenvalue weighted by Crippen LogP contribution is -1.90. The summed E-state index contributed by atoms with van der Waals surface area (Å²) in [5.41, 5.74) is 0.583. The van der Waals surface area contributed by atoms with Crippen LogP contribution in [-0.2, 0) is 0 Å². The molecule has 2 aromatic rings. The average Bonchev–Trinajstić information content (AvgIpc) is 2.48. The first kappa shape index (κ1) is 14.8. The highest BCUT2D eigenvalue weighted by atomic mass is 19.2. The Kier molecular flexibility index (Phi) is 4.71. The van der Waals surface area contributed by atoms with Gasteiger partial charge in [-0.2, -0.15) is 10.2 Å². The zero-order chi connectivity index (χ0) is 15.2. The van der Waals surface area contributed by atoms with Crippen molar-refractivity contribution in [3.8, 4) is 5.75 Å². The van der Waals surface area contributed by atoms with Gasteiger partial charge >= 0.3 is 0 Å². The number of hydrogen-bond acceptors (Lipinski definition) is 3. The first-order valence-corrected chi connectivity index (χ1v) is 5.95. The van der Waals surface area contributed by atoms with Gasteiger partial charge < -0.3 is 4.74 Å². The number of nitrogens with zero attached hydrogens (tertiary/aromatic N) is 2. The summed E-state index contributed by atoms with van der Waals surface area (Å²) in [6, 6.07) is 7.63. The first-order valence-electron chi connectivity index (χ1n) is 5.95. The van der Waals surface area contributed by atoms with E-state index in [4.69, 9.17) is 4.74 Å². The van der Waals surface area contributed by atoms with E-state index < -0.39 is 17.5 Å². The quantitative estimate of drug-likeness (QED) is 0.626. The van der Waals surface area contributed by atoms with Crippen molar-refractivity contribution < 1.29 is 17.9 Å². The number of benzene rings is 2. The van der Waals surface area contributed by atoms with Crippen LogP contribution in [0.5, 0.6) is 5.75 Å². The van der Waals surface area contributed by atoms with E-state index in [1.807, 2.05) is 0 Å². The van der Waals surface area contributed by atoms with Crippen molar-refractivity contribution in [2.24, 2.45) is 10.2 Å². The van der Waals surface area contributed by atoms with Crippen molar-refractivity contribution in [3.63, 3.8) is 0 Å². The molecule has 0 aliphatic rings. The number of halogens is 3. The van der Waals surface area contributed by atoms with Gasteiger partial charge in [0.1, 0.15) is 11.6 Å². The lowest BCUT2D eigenvalue weighted by Gasteiger charge is -2.00. The lowest BCUT2D eigenvalue weighted by atomic mass is 10.2. The van der Waals surface area contributed by atoms with Gasteiger partial charge in [-0.05, 0) is 29.8 Å². The van der Waals surface area contributed by atoms with Crippen LogP contribution in [0.3, 0.4) is 0 Å². The van der Waals surface area contributed by atoms with Crippen molar-refractivity contribution in [1.29, 1.82) is 0 Å². The second-order valence-electron chi connectivity index (χ2n) is 4.05. The Morgan fingerprint density at radius 1 is 0.857 bits per heavy atom. The summed E-state index contributed by atoms with van der Waals surface area (Å²) in [4.78, 5) is 0. The molecule has 0 radical (unpaired) electrons. The van der Waals surface area contributed by atoms with Crippen LogP contribution in [0, 0.1) is 17.5 Å².